The van der Waals surface area contributed by atoms with Crippen molar-refractivity contribution in [3.8, 4) is 16.9 Å². The first-order valence-corrected chi connectivity index (χ1v) is 5.24. The normalized spacial score (nSPS) is 10.2. The summed E-state index contributed by atoms with van der Waals surface area (Å²) in [6.07, 6.45) is 0.438. The van der Waals surface area contributed by atoms with Crippen LogP contribution >= 0.6 is 0 Å². The van der Waals surface area contributed by atoms with E-state index in [1.54, 1.807) is 6.07 Å². The molecule has 2 rings (SSSR count). The Hall–Kier alpha value is -2.23. The van der Waals surface area contributed by atoms with E-state index in [0.29, 0.717) is 23.2 Å². The van der Waals surface area contributed by atoms with E-state index in [1.165, 1.54) is 31.4 Å². The lowest BCUT2D eigenvalue weighted by Crippen LogP contribution is -1.95. The molecule has 92 valence electrons. The van der Waals surface area contributed by atoms with Crippen molar-refractivity contribution in [2.24, 2.45) is 0 Å². The van der Waals surface area contributed by atoms with Crippen molar-refractivity contribution in [2.45, 2.75) is 0 Å². The molecule has 4 heteroatoms. The van der Waals surface area contributed by atoms with Gasteiger partial charge in [0.25, 0.3) is 0 Å². The Labute approximate surface area is 103 Å². The third kappa shape index (κ3) is 2.22. The summed E-state index contributed by atoms with van der Waals surface area (Å²) in [4.78, 5) is 10.9. The molecule has 0 aromatic heterocycles. The summed E-state index contributed by atoms with van der Waals surface area (Å²) < 4.78 is 31.5. The Kier molecular flexibility index (Phi) is 3.37. The predicted octanol–water partition coefficient (Wildman–Crippen LogP) is 3.45. The smallest absolute Gasteiger partial charge is 0.153 e. The molecule has 2 aromatic carbocycles. The van der Waals surface area contributed by atoms with Gasteiger partial charge in [-0.3, -0.25) is 4.79 Å². The van der Waals surface area contributed by atoms with Gasteiger partial charge in [0.15, 0.2) is 6.29 Å². The van der Waals surface area contributed by atoms with Crippen LogP contribution in [0.3, 0.4) is 0 Å². The highest BCUT2D eigenvalue weighted by atomic mass is 19.1. The highest BCUT2D eigenvalue weighted by Crippen LogP contribution is 2.29. The second kappa shape index (κ2) is 4.96. The number of methoxy groups -OCH3 is 1. The van der Waals surface area contributed by atoms with E-state index in [2.05, 4.69) is 0 Å². The SMILES string of the molecule is COc1cc(F)c(C=O)c(-c2ccc(F)cc2)c1. The highest BCUT2D eigenvalue weighted by Gasteiger charge is 2.12. The molecule has 0 bridgehead atoms. The molecule has 0 fully saturated rings. The number of rotatable bonds is 3. The fourth-order valence-corrected chi connectivity index (χ4v) is 1.70. The zero-order valence-corrected chi connectivity index (χ0v) is 9.61. The fourth-order valence-electron chi connectivity index (χ4n) is 1.70. The second-order valence-corrected chi connectivity index (χ2v) is 3.70. The molecule has 0 radical (unpaired) electrons. The van der Waals surface area contributed by atoms with Crippen molar-refractivity contribution in [1.29, 1.82) is 0 Å². The molecule has 0 saturated carbocycles. The quantitative estimate of drug-likeness (QED) is 0.777. The minimum atomic E-state index is -0.663. The summed E-state index contributed by atoms with van der Waals surface area (Å²) in [5, 5.41) is 0. The summed E-state index contributed by atoms with van der Waals surface area (Å²) in [7, 11) is 1.41. The second-order valence-electron chi connectivity index (χ2n) is 3.70. The van der Waals surface area contributed by atoms with Crippen LogP contribution in [0.15, 0.2) is 36.4 Å². The van der Waals surface area contributed by atoms with Crippen molar-refractivity contribution in [1.82, 2.24) is 0 Å². The number of ether oxygens (including phenoxy) is 1. The zero-order chi connectivity index (χ0) is 13.1. The van der Waals surface area contributed by atoms with Gasteiger partial charge in [-0.1, -0.05) is 12.1 Å². The van der Waals surface area contributed by atoms with E-state index in [-0.39, 0.29) is 5.56 Å². The molecule has 0 amide bonds. The van der Waals surface area contributed by atoms with E-state index in [0.717, 1.165) is 6.07 Å². The zero-order valence-electron chi connectivity index (χ0n) is 9.61. The Morgan fingerprint density at radius 2 is 1.78 bits per heavy atom. The fraction of sp³-hybridized carbons (Fsp3) is 0.0714. The average molecular weight is 248 g/mol. The van der Waals surface area contributed by atoms with Crippen molar-refractivity contribution in [3.05, 3.63) is 53.6 Å². The van der Waals surface area contributed by atoms with Gasteiger partial charge in [0, 0.05) is 6.07 Å². The molecule has 2 aromatic rings. The van der Waals surface area contributed by atoms with Crippen molar-refractivity contribution in [3.63, 3.8) is 0 Å². The Morgan fingerprint density at radius 3 is 2.33 bits per heavy atom. The minimum Gasteiger partial charge on any atom is -0.497 e. The van der Waals surface area contributed by atoms with Crippen LogP contribution in [-0.2, 0) is 0 Å². The van der Waals surface area contributed by atoms with Gasteiger partial charge < -0.3 is 4.74 Å². The van der Waals surface area contributed by atoms with E-state index in [4.69, 9.17) is 4.74 Å². The van der Waals surface area contributed by atoms with Gasteiger partial charge >= 0.3 is 0 Å². The van der Waals surface area contributed by atoms with E-state index in [9.17, 15) is 13.6 Å². The van der Waals surface area contributed by atoms with Crippen LogP contribution in [0.2, 0.25) is 0 Å². The summed E-state index contributed by atoms with van der Waals surface area (Å²) in [5.41, 5.74) is 0.862. The molecule has 2 nitrogen and oxygen atoms in total. The minimum absolute atomic E-state index is 0.0672. The topological polar surface area (TPSA) is 26.3 Å². The van der Waals surface area contributed by atoms with Gasteiger partial charge in [0.2, 0.25) is 0 Å². The maximum absolute atomic E-state index is 13.7. The van der Waals surface area contributed by atoms with Crippen LogP contribution in [0.5, 0.6) is 5.75 Å². The first-order chi connectivity index (χ1) is 8.65. The average Bonchev–Trinajstić information content (AvgIpc) is 2.38. The van der Waals surface area contributed by atoms with Crippen LogP contribution in [0.4, 0.5) is 8.78 Å². The summed E-state index contributed by atoms with van der Waals surface area (Å²) in [5.74, 6) is -0.754. The number of hydrogen-bond donors (Lipinski definition) is 0. The van der Waals surface area contributed by atoms with Crippen LogP contribution in [0.1, 0.15) is 10.4 Å². The molecule has 0 heterocycles. The van der Waals surface area contributed by atoms with E-state index >= 15 is 0 Å². The monoisotopic (exact) mass is 248 g/mol. The lowest BCUT2D eigenvalue weighted by atomic mass is 9.99. The van der Waals surface area contributed by atoms with Gasteiger partial charge in [0.1, 0.15) is 17.4 Å². The number of hydrogen-bond acceptors (Lipinski definition) is 2. The number of benzene rings is 2. The van der Waals surface area contributed by atoms with Crippen LogP contribution in [-0.4, -0.2) is 13.4 Å². The third-order valence-electron chi connectivity index (χ3n) is 2.61. The summed E-state index contributed by atoms with van der Waals surface area (Å²) in [6, 6.07) is 8.15. The highest BCUT2D eigenvalue weighted by molar-refractivity contribution is 5.88. The molecular formula is C14H10F2O2. The van der Waals surface area contributed by atoms with Crippen LogP contribution < -0.4 is 4.74 Å². The summed E-state index contributed by atoms with van der Waals surface area (Å²) in [6.45, 7) is 0. The first-order valence-electron chi connectivity index (χ1n) is 5.24. The largest absolute Gasteiger partial charge is 0.497 e. The maximum Gasteiger partial charge on any atom is 0.153 e. The van der Waals surface area contributed by atoms with Gasteiger partial charge in [-0.25, -0.2) is 8.78 Å². The van der Waals surface area contributed by atoms with Crippen LogP contribution in [0, 0.1) is 11.6 Å². The molecule has 18 heavy (non-hydrogen) atoms. The van der Waals surface area contributed by atoms with Gasteiger partial charge in [-0.05, 0) is 29.3 Å². The summed E-state index contributed by atoms with van der Waals surface area (Å²) >= 11 is 0. The lowest BCUT2D eigenvalue weighted by molar-refractivity contribution is 0.112. The first kappa shape index (κ1) is 12.2. The van der Waals surface area contributed by atoms with Crippen molar-refractivity contribution in [2.75, 3.05) is 7.11 Å². The van der Waals surface area contributed by atoms with Crippen LogP contribution in [0.25, 0.3) is 11.1 Å². The van der Waals surface area contributed by atoms with Gasteiger partial charge in [-0.15, -0.1) is 0 Å². The standard InChI is InChI=1S/C14H10F2O2/c1-18-11-6-12(13(8-17)14(16)7-11)9-2-4-10(15)5-3-9/h2-8H,1H3. The lowest BCUT2D eigenvalue weighted by Gasteiger charge is -2.09. The van der Waals surface area contributed by atoms with Crippen molar-refractivity contribution < 1.29 is 18.3 Å². The molecule has 0 aliphatic carbocycles. The van der Waals surface area contributed by atoms with Gasteiger partial charge in [0.05, 0.1) is 12.7 Å². The maximum atomic E-state index is 13.7. The molecule has 0 atom stereocenters. The molecule has 0 saturated heterocycles. The Balaban J connectivity index is 2.64. The molecule has 0 aliphatic rings. The molecule has 0 spiro atoms. The third-order valence-corrected chi connectivity index (χ3v) is 2.61. The van der Waals surface area contributed by atoms with Crippen molar-refractivity contribution >= 4 is 6.29 Å². The number of aldehydes is 1. The van der Waals surface area contributed by atoms with E-state index in [1.807, 2.05) is 0 Å². The van der Waals surface area contributed by atoms with Gasteiger partial charge in [-0.2, -0.15) is 0 Å². The number of carbonyl (C=O) groups is 1. The molecule has 0 N–H and O–H groups in total. The predicted molar refractivity (Wildman–Crippen MR) is 63.7 cm³/mol. The molecular weight excluding hydrogens is 238 g/mol. The Bertz CT molecular complexity index is 577. The molecule has 0 unspecified atom stereocenters. The van der Waals surface area contributed by atoms with E-state index < -0.39 is 11.6 Å². The Morgan fingerprint density at radius 1 is 1.11 bits per heavy atom. The number of carbonyl (C=O) groups excluding carboxylic acids is 1. The number of halogens is 2. The molecule has 0 aliphatic heterocycles.